The monoisotopic (exact) mass is 320 g/mol. The number of aliphatic carboxylic acids is 1. The summed E-state index contributed by atoms with van der Waals surface area (Å²) in [5.74, 6) is -1.83. The second-order valence-corrected chi connectivity index (χ2v) is 6.40. The van der Waals surface area contributed by atoms with E-state index in [1.54, 1.807) is 0 Å². The van der Waals surface area contributed by atoms with Gasteiger partial charge in [-0.05, 0) is 18.9 Å². The molecular formula is C10H13ClN4O4S. The van der Waals surface area contributed by atoms with Gasteiger partial charge in [0.1, 0.15) is 5.15 Å². The molecule has 1 aromatic heterocycles. The third kappa shape index (κ3) is 3.56. The van der Waals surface area contributed by atoms with E-state index in [0.29, 0.717) is 12.8 Å². The topological polar surface area (TPSA) is 112 Å². The molecule has 1 unspecified atom stereocenters. The SMILES string of the molecule is O=C(O)C1CCCN(S(=O)(=O)Nc2nccc(Cl)n2)C1. The predicted molar refractivity (Wildman–Crippen MR) is 71.5 cm³/mol. The Kier molecular flexibility index (Phi) is 4.41. The minimum atomic E-state index is -3.88. The van der Waals surface area contributed by atoms with E-state index in [4.69, 9.17) is 16.7 Å². The van der Waals surface area contributed by atoms with Crippen molar-refractivity contribution >= 4 is 33.7 Å². The quantitative estimate of drug-likeness (QED) is 0.785. The highest BCUT2D eigenvalue weighted by atomic mass is 35.5. The molecule has 1 fully saturated rings. The van der Waals surface area contributed by atoms with E-state index in [1.807, 2.05) is 0 Å². The highest BCUT2D eigenvalue weighted by Crippen LogP contribution is 2.20. The van der Waals surface area contributed by atoms with Gasteiger partial charge in [-0.25, -0.2) is 14.7 Å². The Morgan fingerprint density at radius 1 is 1.55 bits per heavy atom. The van der Waals surface area contributed by atoms with Crippen LogP contribution in [0.4, 0.5) is 5.95 Å². The second kappa shape index (κ2) is 5.90. The first-order valence-electron chi connectivity index (χ1n) is 5.88. The molecule has 0 spiro atoms. The van der Waals surface area contributed by atoms with Gasteiger partial charge in [0.25, 0.3) is 0 Å². The Bertz CT molecular complexity index is 609. The summed E-state index contributed by atoms with van der Waals surface area (Å²) in [6.45, 7) is 0.199. The number of carboxylic acids is 1. The molecule has 20 heavy (non-hydrogen) atoms. The van der Waals surface area contributed by atoms with Gasteiger partial charge < -0.3 is 5.11 Å². The standard InChI is InChI=1S/C10H13ClN4O4S/c11-8-3-4-12-10(13-8)14-20(18,19)15-5-1-2-7(6-15)9(16)17/h3-4,7H,1-2,5-6H2,(H,16,17)(H,12,13,14). The van der Waals surface area contributed by atoms with Gasteiger partial charge in [-0.3, -0.25) is 4.79 Å². The number of hydrogen-bond donors (Lipinski definition) is 2. The summed E-state index contributed by atoms with van der Waals surface area (Å²) >= 11 is 5.65. The van der Waals surface area contributed by atoms with Crippen LogP contribution in [0, 0.1) is 5.92 Å². The Hall–Kier alpha value is -1.45. The number of hydrogen-bond acceptors (Lipinski definition) is 5. The summed E-state index contributed by atoms with van der Waals surface area (Å²) in [5, 5.41) is 9.07. The third-order valence-corrected chi connectivity index (χ3v) is 4.58. The van der Waals surface area contributed by atoms with E-state index in [9.17, 15) is 13.2 Å². The van der Waals surface area contributed by atoms with Crippen LogP contribution in [-0.4, -0.2) is 46.9 Å². The van der Waals surface area contributed by atoms with Gasteiger partial charge in [0.2, 0.25) is 5.95 Å². The first-order chi connectivity index (χ1) is 9.38. The highest BCUT2D eigenvalue weighted by molar-refractivity contribution is 7.90. The van der Waals surface area contributed by atoms with E-state index < -0.39 is 22.1 Å². The van der Waals surface area contributed by atoms with E-state index in [1.165, 1.54) is 12.3 Å². The van der Waals surface area contributed by atoms with Crippen LogP contribution in [0.15, 0.2) is 12.3 Å². The second-order valence-electron chi connectivity index (χ2n) is 4.35. The van der Waals surface area contributed by atoms with Crippen LogP contribution in [0.1, 0.15) is 12.8 Å². The van der Waals surface area contributed by atoms with Crippen LogP contribution in [0.5, 0.6) is 0 Å². The molecule has 0 aromatic carbocycles. The molecule has 8 nitrogen and oxygen atoms in total. The first kappa shape index (κ1) is 14.9. The van der Waals surface area contributed by atoms with Gasteiger partial charge >= 0.3 is 16.2 Å². The van der Waals surface area contributed by atoms with Gasteiger partial charge in [-0.15, -0.1) is 0 Å². The van der Waals surface area contributed by atoms with Crippen LogP contribution >= 0.6 is 11.6 Å². The van der Waals surface area contributed by atoms with Crippen LogP contribution in [0.3, 0.4) is 0 Å². The van der Waals surface area contributed by atoms with Gasteiger partial charge in [0.05, 0.1) is 5.92 Å². The number of nitrogens with zero attached hydrogens (tertiary/aromatic N) is 3. The van der Waals surface area contributed by atoms with E-state index in [2.05, 4.69) is 14.7 Å². The summed E-state index contributed by atoms with van der Waals surface area (Å²) in [4.78, 5) is 18.4. The van der Waals surface area contributed by atoms with E-state index in [-0.39, 0.29) is 24.2 Å². The number of rotatable bonds is 4. The lowest BCUT2D eigenvalue weighted by atomic mass is 10.0. The number of carbonyl (C=O) groups is 1. The zero-order valence-corrected chi connectivity index (χ0v) is 11.9. The fraction of sp³-hybridized carbons (Fsp3) is 0.500. The van der Waals surface area contributed by atoms with Gasteiger partial charge in [0.15, 0.2) is 0 Å². The summed E-state index contributed by atoms with van der Waals surface area (Å²) in [7, 11) is -3.88. The Labute approximate surface area is 121 Å². The van der Waals surface area contributed by atoms with Crippen molar-refractivity contribution in [1.82, 2.24) is 14.3 Å². The lowest BCUT2D eigenvalue weighted by Crippen LogP contribution is -2.44. The molecule has 0 aliphatic carbocycles. The summed E-state index contributed by atoms with van der Waals surface area (Å²) in [6.07, 6.45) is 2.28. The fourth-order valence-electron chi connectivity index (χ4n) is 1.93. The minimum Gasteiger partial charge on any atom is -0.481 e. The Balaban J connectivity index is 2.12. The predicted octanol–water partition coefficient (Wildman–Crippen LogP) is 0.583. The zero-order chi connectivity index (χ0) is 14.8. The molecule has 1 aliphatic rings. The highest BCUT2D eigenvalue weighted by Gasteiger charge is 2.32. The fourth-order valence-corrected chi connectivity index (χ4v) is 3.27. The lowest BCUT2D eigenvalue weighted by molar-refractivity contribution is -0.142. The van der Waals surface area contributed by atoms with Crippen molar-refractivity contribution in [3.05, 3.63) is 17.4 Å². The van der Waals surface area contributed by atoms with Crippen LogP contribution in [-0.2, 0) is 15.0 Å². The Morgan fingerprint density at radius 3 is 2.95 bits per heavy atom. The van der Waals surface area contributed by atoms with Crippen LogP contribution < -0.4 is 4.72 Å². The first-order valence-corrected chi connectivity index (χ1v) is 7.69. The molecule has 1 saturated heterocycles. The zero-order valence-electron chi connectivity index (χ0n) is 10.4. The molecule has 10 heteroatoms. The van der Waals surface area contributed by atoms with Gasteiger partial charge in [-0.1, -0.05) is 11.6 Å². The molecule has 0 radical (unpaired) electrons. The van der Waals surface area contributed by atoms with Crippen molar-refractivity contribution in [1.29, 1.82) is 0 Å². The number of piperidine rings is 1. The number of nitrogens with one attached hydrogen (secondary N) is 1. The maximum atomic E-state index is 12.1. The molecule has 0 saturated carbocycles. The maximum absolute atomic E-state index is 12.1. The maximum Gasteiger partial charge on any atom is 0.307 e. The summed E-state index contributed by atoms with van der Waals surface area (Å²) < 4.78 is 27.5. The molecule has 2 heterocycles. The smallest absolute Gasteiger partial charge is 0.307 e. The van der Waals surface area contributed by atoms with Crippen molar-refractivity contribution in [2.24, 2.45) is 5.92 Å². The largest absolute Gasteiger partial charge is 0.481 e. The molecule has 110 valence electrons. The molecule has 1 atom stereocenters. The lowest BCUT2D eigenvalue weighted by Gasteiger charge is -2.29. The summed E-state index contributed by atoms with van der Waals surface area (Å²) in [6, 6.07) is 1.42. The third-order valence-electron chi connectivity index (χ3n) is 2.92. The molecule has 2 rings (SSSR count). The molecule has 1 aliphatic heterocycles. The van der Waals surface area contributed by atoms with Crippen molar-refractivity contribution in [3.8, 4) is 0 Å². The average Bonchev–Trinajstić information content (AvgIpc) is 2.38. The number of halogens is 1. The van der Waals surface area contributed by atoms with Crippen LogP contribution in [0.2, 0.25) is 5.15 Å². The molecular weight excluding hydrogens is 308 g/mol. The van der Waals surface area contributed by atoms with Crippen molar-refractivity contribution in [2.45, 2.75) is 12.8 Å². The average molecular weight is 321 g/mol. The minimum absolute atomic E-state index is 0.0643. The summed E-state index contributed by atoms with van der Waals surface area (Å²) in [5.41, 5.74) is 0. The van der Waals surface area contributed by atoms with Crippen LogP contribution in [0.25, 0.3) is 0 Å². The van der Waals surface area contributed by atoms with Crippen molar-refractivity contribution in [3.63, 3.8) is 0 Å². The molecule has 0 bridgehead atoms. The van der Waals surface area contributed by atoms with Gasteiger partial charge in [-0.2, -0.15) is 12.7 Å². The number of anilines is 1. The van der Waals surface area contributed by atoms with Crippen molar-refractivity contribution in [2.75, 3.05) is 17.8 Å². The van der Waals surface area contributed by atoms with E-state index in [0.717, 1.165) is 4.31 Å². The van der Waals surface area contributed by atoms with E-state index >= 15 is 0 Å². The molecule has 1 aromatic rings. The Morgan fingerprint density at radius 2 is 2.30 bits per heavy atom. The van der Waals surface area contributed by atoms with Crippen molar-refractivity contribution < 1.29 is 18.3 Å². The molecule has 2 N–H and O–H groups in total. The molecule has 0 amide bonds. The number of carboxylic acid groups (broad SMARTS) is 1. The normalized spacial score (nSPS) is 20.6. The van der Waals surface area contributed by atoms with Gasteiger partial charge in [0, 0.05) is 19.3 Å². The number of aromatic nitrogens is 2.